The molecule has 0 aliphatic rings. The summed E-state index contributed by atoms with van der Waals surface area (Å²) in [7, 11) is 0. The zero-order valence-electron chi connectivity index (χ0n) is 8.79. The normalized spacial score (nSPS) is 10.6. The summed E-state index contributed by atoms with van der Waals surface area (Å²) in [6.07, 6.45) is 1.90. The first-order valence-corrected chi connectivity index (χ1v) is 4.77. The van der Waals surface area contributed by atoms with Crippen LogP contribution in [0.4, 0.5) is 5.69 Å². The van der Waals surface area contributed by atoms with Crippen molar-refractivity contribution in [1.82, 2.24) is 0 Å². The van der Waals surface area contributed by atoms with Crippen LogP contribution in [-0.2, 0) is 0 Å². The van der Waals surface area contributed by atoms with Gasteiger partial charge in [0.15, 0.2) is 5.75 Å². The molecule has 1 aromatic carbocycles. The third-order valence-electron chi connectivity index (χ3n) is 1.85. The Kier molecular flexibility index (Phi) is 4.26. The highest BCUT2D eigenvalue weighted by atomic mass is 16.6. The molecule has 0 unspecified atom stereocenters. The van der Waals surface area contributed by atoms with E-state index >= 15 is 0 Å². The fourth-order valence-corrected chi connectivity index (χ4v) is 1.16. The molecule has 16 heavy (non-hydrogen) atoms. The van der Waals surface area contributed by atoms with Crippen LogP contribution in [0.3, 0.4) is 0 Å². The van der Waals surface area contributed by atoms with Crippen LogP contribution in [0.15, 0.2) is 23.4 Å². The smallest absolute Gasteiger partial charge is 0.311 e. The zero-order valence-corrected chi connectivity index (χ0v) is 8.79. The molecule has 0 saturated heterocycles. The maximum Gasteiger partial charge on any atom is 0.311 e. The largest absolute Gasteiger partial charge is 0.487 e. The van der Waals surface area contributed by atoms with Gasteiger partial charge in [-0.25, -0.2) is 0 Å². The number of nitro benzene ring substituents is 1. The maximum atomic E-state index is 10.8. The average molecular weight is 224 g/mol. The number of hydrogen-bond donors (Lipinski definition) is 1. The molecular formula is C10H12N2O4. The molecule has 0 saturated carbocycles. The molecule has 0 aliphatic heterocycles. The molecule has 1 aromatic rings. The van der Waals surface area contributed by atoms with E-state index in [1.165, 1.54) is 12.1 Å². The van der Waals surface area contributed by atoms with Crippen LogP contribution < -0.4 is 4.74 Å². The van der Waals surface area contributed by atoms with Crippen LogP contribution in [0.1, 0.15) is 18.9 Å². The lowest BCUT2D eigenvalue weighted by atomic mass is 10.2. The number of nitro groups is 1. The van der Waals surface area contributed by atoms with Crippen molar-refractivity contribution in [2.75, 3.05) is 6.61 Å². The van der Waals surface area contributed by atoms with Crippen molar-refractivity contribution in [3.05, 3.63) is 33.9 Å². The quantitative estimate of drug-likeness (QED) is 0.359. The summed E-state index contributed by atoms with van der Waals surface area (Å²) >= 11 is 0. The number of rotatable bonds is 5. The Bertz CT molecular complexity index is 404. The van der Waals surface area contributed by atoms with E-state index in [0.29, 0.717) is 12.2 Å². The predicted molar refractivity (Wildman–Crippen MR) is 58.3 cm³/mol. The number of benzene rings is 1. The second-order valence-electron chi connectivity index (χ2n) is 3.08. The van der Waals surface area contributed by atoms with Crippen LogP contribution >= 0.6 is 0 Å². The summed E-state index contributed by atoms with van der Waals surface area (Å²) in [5.41, 5.74) is 0.309. The molecule has 0 heterocycles. The van der Waals surface area contributed by atoms with E-state index in [1.54, 1.807) is 6.07 Å². The van der Waals surface area contributed by atoms with Crippen LogP contribution in [0.2, 0.25) is 0 Å². The summed E-state index contributed by atoms with van der Waals surface area (Å²) in [6.45, 7) is 2.34. The summed E-state index contributed by atoms with van der Waals surface area (Å²) in [5.74, 6) is 0.224. The minimum Gasteiger partial charge on any atom is -0.487 e. The Hall–Kier alpha value is -2.11. The van der Waals surface area contributed by atoms with Crippen molar-refractivity contribution in [1.29, 1.82) is 0 Å². The van der Waals surface area contributed by atoms with Gasteiger partial charge in [0.25, 0.3) is 0 Å². The van der Waals surface area contributed by atoms with Gasteiger partial charge in [0.05, 0.1) is 17.7 Å². The molecule has 0 radical (unpaired) electrons. The van der Waals surface area contributed by atoms with Crippen molar-refractivity contribution in [2.24, 2.45) is 5.16 Å². The lowest BCUT2D eigenvalue weighted by Crippen LogP contribution is -2.00. The summed E-state index contributed by atoms with van der Waals surface area (Å²) in [6, 6.07) is 4.37. The molecule has 0 spiro atoms. The van der Waals surface area contributed by atoms with E-state index < -0.39 is 4.92 Å². The fraction of sp³-hybridized carbons (Fsp3) is 0.300. The van der Waals surface area contributed by atoms with Gasteiger partial charge >= 0.3 is 5.69 Å². The highest BCUT2D eigenvalue weighted by Crippen LogP contribution is 2.27. The van der Waals surface area contributed by atoms with Gasteiger partial charge in [-0.05, 0) is 18.6 Å². The number of oxime groups is 1. The van der Waals surface area contributed by atoms with Gasteiger partial charge in [0.1, 0.15) is 0 Å². The van der Waals surface area contributed by atoms with Gasteiger partial charge in [0.2, 0.25) is 0 Å². The lowest BCUT2D eigenvalue weighted by Gasteiger charge is -2.05. The first-order chi connectivity index (χ1) is 7.69. The Morgan fingerprint density at radius 1 is 1.62 bits per heavy atom. The SMILES string of the molecule is CCCOc1ccc(/C=N\O)cc1[N+](=O)[O-]. The predicted octanol–water partition coefficient (Wildman–Crippen LogP) is 2.19. The van der Waals surface area contributed by atoms with Gasteiger partial charge in [-0.2, -0.15) is 0 Å². The first kappa shape index (κ1) is 12.0. The average Bonchev–Trinajstić information content (AvgIpc) is 2.27. The second kappa shape index (κ2) is 5.69. The molecular weight excluding hydrogens is 212 g/mol. The van der Waals surface area contributed by atoms with E-state index in [9.17, 15) is 10.1 Å². The highest BCUT2D eigenvalue weighted by molar-refractivity contribution is 5.81. The van der Waals surface area contributed by atoms with Gasteiger partial charge in [-0.3, -0.25) is 10.1 Å². The number of ether oxygens (including phenoxy) is 1. The van der Waals surface area contributed by atoms with Crippen molar-refractivity contribution in [3.8, 4) is 5.75 Å². The van der Waals surface area contributed by atoms with E-state index in [0.717, 1.165) is 12.6 Å². The van der Waals surface area contributed by atoms with Crippen molar-refractivity contribution < 1.29 is 14.9 Å². The zero-order chi connectivity index (χ0) is 12.0. The molecule has 0 bridgehead atoms. The Morgan fingerprint density at radius 3 is 2.94 bits per heavy atom. The molecule has 0 fully saturated rings. The van der Waals surface area contributed by atoms with Crippen LogP contribution in [-0.4, -0.2) is 23.0 Å². The van der Waals surface area contributed by atoms with Crippen molar-refractivity contribution >= 4 is 11.9 Å². The molecule has 1 rings (SSSR count). The highest BCUT2D eigenvalue weighted by Gasteiger charge is 2.15. The maximum absolute atomic E-state index is 10.8. The molecule has 86 valence electrons. The second-order valence-corrected chi connectivity index (χ2v) is 3.08. The minimum absolute atomic E-state index is 0.133. The Morgan fingerprint density at radius 2 is 2.38 bits per heavy atom. The molecule has 6 heteroatoms. The fourth-order valence-electron chi connectivity index (χ4n) is 1.16. The molecule has 6 nitrogen and oxygen atoms in total. The molecule has 1 N–H and O–H groups in total. The third kappa shape index (κ3) is 2.94. The summed E-state index contributed by atoms with van der Waals surface area (Å²) in [5, 5.41) is 21.9. The van der Waals surface area contributed by atoms with E-state index in [4.69, 9.17) is 9.94 Å². The lowest BCUT2D eigenvalue weighted by molar-refractivity contribution is -0.385. The van der Waals surface area contributed by atoms with E-state index in [1.807, 2.05) is 6.92 Å². The van der Waals surface area contributed by atoms with Gasteiger partial charge < -0.3 is 9.94 Å². The van der Waals surface area contributed by atoms with Crippen molar-refractivity contribution in [3.63, 3.8) is 0 Å². The number of hydrogen-bond acceptors (Lipinski definition) is 5. The van der Waals surface area contributed by atoms with Crippen LogP contribution in [0, 0.1) is 10.1 Å². The standard InChI is InChI=1S/C10H12N2O4/c1-2-5-16-10-4-3-8(7-11-13)6-9(10)12(14)15/h3-4,6-7,13H,2,5H2,1H3/b11-7-. The molecule has 0 atom stereocenters. The number of nitrogens with zero attached hydrogens (tertiary/aromatic N) is 2. The van der Waals surface area contributed by atoms with Crippen molar-refractivity contribution in [2.45, 2.75) is 13.3 Å². The Balaban J connectivity index is 3.04. The topological polar surface area (TPSA) is 85.0 Å². The van der Waals surface area contributed by atoms with Gasteiger partial charge in [-0.15, -0.1) is 0 Å². The summed E-state index contributed by atoms with van der Waals surface area (Å²) < 4.78 is 5.23. The molecule has 0 aromatic heterocycles. The monoisotopic (exact) mass is 224 g/mol. The van der Waals surface area contributed by atoms with Crippen LogP contribution in [0.5, 0.6) is 5.75 Å². The third-order valence-corrected chi connectivity index (χ3v) is 1.85. The minimum atomic E-state index is -0.528. The summed E-state index contributed by atoms with van der Waals surface area (Å²) in [4.78, 5) is 10.2. The molecule has 0 aliphatic carbocycles. The Labute approximate surface area is 92.3 Å². The van der Waals surface area contributed by atoms with Gasteiger partial charge in [0, 0.05) is 11.6 Å². The van der Waals surface area contributed by atoms with Gasteiger partial charge in [-0.1, -0.05) is 12.1 Å². The van der Waals surface area contributed by atoms with E-state index in [2.05, 4.69) is 5.16 Å². The van der Waals surface area contributed by atoms with Crippen LogP contribution in [0.25, 0.3) is 0 Å². The molecule has 0 amide bonds. The first-order valence-electron chi connectivity index (χ1n) is 4.77. The van der Waals surface area contributed by atoms with E-state index in [-0.39, 0.29) is 11.4 Å².